The van der Waals surface area contributed by atoms with E-state index in [0.29, 0.717) is 6.42 Å². The molecule has 1 rings (SSSR count). The van der Waals surface area contributed by atoms with Gasteiger partial charge in [-0.25, -0.2) is 0 Å². The van der Waals surface area contributed by atoms with Crippen LogP contribution in [0.15, 0.2) is 12.2 Å². The summed E-state index contributed by atoms with van der Waals surface area (Å²) in [5.74, 6) is -0.509. The summed E-state index contributed by atoms with van der Waals surface area (Å²) in [7, 11) is 0. The first-order valence-corrected chi connectivity index (χ1v) is 8.91. The molecule has 2 atom stereocenters. The minimum absolute atomic E-state index is 0.142. The van der Waals surface area contributed by atoms with E-state index in [1.54, 1.807) is 0 Å². The van der Waals surface area contributed by atoms with Crippen LogP contribution in [0, 0.1) is 5.92 Å². The number of aliphatic hydroxyl groups is 1. The summed E-state index contributed by atoms with van der Waals surface area (Å²) in [5.41, 5.74) is 4.67. The van der Waals surface area contributed by atoms with Crippen LogP contribution in [0.5, 0.6) is 0 Å². The Balaban J connectivity index is 0.00000108. The van der Waals surface area contributed by atoms with Crippen molar-refractivity contribution in [1.29, 1.82) is 0 Å². The van der Waals surface area contributed by atoms with Crippen LogP contribution in [-0.4, -0.2) is 23.1 Å². The van der Waals surface area contributed by atoms with E-state index in [0.717, 1.165) is 6.42 Å². The van der Waals surface area contributed by atoms with Crippen LogP contribution in [0.2, 0.25) is 0 Å². The Bertz CT molecular complexity index is 351. The maximum Gasteiger partial charge on any atom is 0.233 e. The van der Waals surface area contributed by atoms with Gasteiger partial charge in [0.25, 0.3) is 0 Å². The highest BCUT2D eigenvalue weighted by atomic mass is 16.3. The average Bonchev–Trinajstić information content (AvgIpc) is 2.78. The Morgan fingerprint density at radius 1 is 1.17 bits per heavy atom. The Morgan fingerprint density at radius 3 is 2.17 bits per heavy atom. The number of nitrogens with two attached hydrogens (primary N) is 1. The molecule has 1 heterocycles. The largest absolute Gasteiger partial charge is 0.379 e. The number of aliphatic hydroxyl groups excluding tert-OH is 1. The smallest absolute Gasteiger partial charge is 0.233 e. The molecule has 4 N–H and O–H groups in total. The molecule has 0 radical (unpaired) electrons. The molecule has 0 aromatic heterocycles. The monoisotopic (exact) mass is 326 g/mol. The van der Waals surface area contributed by atoms with E-state index in [2.05, 4.69) is 24.1 Å². The molecule has 1 fully saturated rings. The zero-order valence-corrected chi connectivity index (χ0v) is 14.7. The molecule has 0 aromatic rings. The summed E-state index contributed by atoms with van der Waals surface area (Å²) >= 11 is 0. The third-order valence-electron chi connectivity index (χ3n) is 3.60. The number of imide groups is 1. The number of hydrogen-bond donors (Lipinski definition) is 3. The lowest BCUT2D eigenvalue weighted by Crippen LogP contribution is -2.21. The van der Waals surface area contributed by atoms with Crippen molar-refractivity contribution in [2.45, 2.75) is 84.3 Å². The number of allylic oxidation sites excluding steroid dienone is 1. The van der Waals surface area contributed by atoms with Gasteiger partial charge in [0.2, 0.25) is 11.8 Å². The zero-order valence-electron chi connectivity index (χ0n) is 14.7. The number of rotatable bonds is 10. The summed E-state index contributed by atoms with van der Waals surface area (Å²) < 4.78 is 0. The fraction of sp³-hybridized carbons (Fsp3) is 0.778. The lowest BCUT2D eigenvalue weighted by molar-refractivity contribution is -0.125. The second-order valence-electron chi connectivity index (χ2n) is 6.16. The summed E-state index contributed by atoms with van der Waals surface area (Å²) in [4.78, 5) is 22.3. The Morgan fingerprint density at radius 2 is 1.70 bits per heavy atom. The topological polar surface area (TPSA) is 92.4 Å². The van der Waals surface area contributed by atoms with Crippen molar-refractivity contribution in [3.63, 3.8) is 0 Å². The molecule has 1 aliphatic rings. The van der Waals surface area contributed by atoms with E-state index in [1.165, 1.54) is 58.3 Å². The Kier molecular flexibility index (Phi) is 13.6. The minimum Gasteiger partial charge on any atom is -0.379 e. The number of nitrogens with one attached hydrogen (secondary N) is 1. The summed E-state index contributed by atoms with van der Waals surface area (Å²) in [6.07, 6.45) is 15.2. The molecule has 134 valence electrons. The van der Waals surface area contributed by atoms with Crippen molar-refractivity contribution in [2.24, 2.45) is 11.7 Å². The van der Waals surface area contributed by atoms with Crippen LogP contribution in [0.1, 0.15) is 78.1 Å². The molecule has 2 unspecified atom stereocenters. The summed E-state index contributed by atoms with van der Waals surface area (Å²) in [6, 6.07) is 0. The van der Waals surface area contributed by atoms with Crippen molar-refractivity contribution in [3.05, 3.63) is 12.2 Å². The van der Waals surface area contributed by atoms with Gasteiger partial charge in [-0.15, -0.1) is 0 Å². The van der Waals surface area contributed by atoms with Gasteiger partial charge >= 0.3 is 0 Å². The molecule has 1 saturated heterocycles. The zero-order chi connectivity index (χ0) is 17.5. The molecule has 0 bridgehead atoms. The van der Waals surface area contributed by atoms with Crippen molar-refractivity contribution in [1.82, 2.24) is 5.32 Å². The molecule has 0 spiro atoms. The van der Waals surface area contributed by atoms with E-state index in [9.17, 15) is 9.59 Å². The van der Waals surface area contributed by atoms with Gasteiger partial charge in [0, 0.05) is 6.42 Å². The van der Waals surface area contributed by atoms with Crippen molar-refractivity contribution in [3.8, 4) is 0 Å². The minimum atomic E-state index is -0.667. The van der Waals surface area contributed by atoms with E-state index in [1.807, 2.05) is 6.08 Å². The molecule has 0 aromatic carbocycles. The maximum atomic E-state index is 11.3. The third kappa shape index (κ3) is 14.1. The van der Waals surface area contributed by atoms with Crippen LogP contribution >= 0.6 is 0 Å². The number of carbonyl (C=O) groups excluding carboxylic acids is 2. The van der Waals surface area contributed by atoms with Gasteiger partial charge in [0.15, 0.2) is 0 Å². The van der Waals surface area contributed by atoms with Gasteiger partial charge in [-0.3, -0.25) is 14.9 Å². The highest BCUT2D eigenvalue weighted by molar-refractivity contribution is 6.04. The molecule has 5 heteroatoms. The second kappa shape index (κ2) is 14.4. The predicted molar refractivity (Wildman–Crippen MR) is 93.5 cm³/mol. The molecule has 2 amide bonds. The van der Waals surface area contributed by atoms with Crippen LogP contribution < -0.4 is 11.1 Å². The van der Waals surface area contributed by atoms with Gasteiger partial charge in [0.1, 0.15) is 0 Å². The highest BCUT2D eigenvalue weighted by Gasteiger charge is 2.27. The first-order chi connectivity index (χ1) is 11.0. The Labute approximate surface area is 140 Å². The molecule has 1 aliphatic heterocycles. The molecule has 5 nitrogen and oxygen atoms in total. The third-order valence-corrected chi connectivity index (χ3v) is 3.60. The van der Waals surface area contributed by atoms with Gasteiger partial charge in [-0.2, -0.15) is 0 Å². The SMILES string of the molecule is CC(N)O.CCCCCCCCCCC=CC1CC(=O)NC1=O. The molecule has 23 heavy (non-hydrogen) atoms. The van der Waals surface area contributed by atoms with Gasteiger partial charge in [-0.05, 0) is 19.8 Å². The van der Waals surface area contributed by atoms with E-state index in [4.69, 9.17) is 5.11 Å². The number of amides is 2. The average molecular weight is 326 g/mol. The van der Waals surface area contributed by atoms with Gasteiger partial charge in [0.05, 0.1) is 12.1 Å². The molecular formula is C18H34N2O3. The first-order valence-electron chi connectivity index (χ1n) is 8.91. The summed E-state index contributed by atoms with van der Waals surface area (Å²) in [5, 5.41) is 10.2. The molecule has 0 aliphatic carbocycles. The van der Waals surface area contributed by atoms with Crippen LogP contribution in [-0.2, 0) is 9.59 Å². The standard InChI is InChI=1S/C16H27NO2.C2H7NO/c1-2-3-4-5-6-7-8-9-10-11-12-14-13-15(18)17-16(14)19;1-2(3)4/h11-12,14H,2-10,13H2,1H3,(H,17,18,19);2,4H,3H2,1H3. The van der Waals surface area contributed by atoms with E-state index < -0.39 is 6.23 Å². The quantitative estimate of drug-likeness (QED) is 0.249. The van der Waals surface area contributed by atoms with Crippen molar-refractivity contribution in [2.75, 3.05) is 0 Å². The van der Waals surface area contributed by atoms with Crippen LogP contribution in [0.25, 0.3) is 0 Å². The fourth-order valence-electron chi connectivity index (χ4n) is 2.39. The maximum absolute atomic E-state index is 11.3. The van der Waals surface area contributed by atoms with Crippen molar-refractivity contribution >= 4 is 11.8 Å². The summed E-state index contributed by atoms with van der Waals surface area (Å²) in [6.45, 7) is 3.74. The molecular weight excluding hydrogens is 292 g/mol. The Hall–Kier alpha value is -1.20. The van der Waals surface area contributed by atoms with E-state index >= 15 is 0 Å². The number of hydrogen-bond acceptors (Lipinski definition) is 4. The van der Waals surface area contributed by atoms with Crippen LogP contribution in [0.4, 0.5) is 0 Å². The number of unbranched alkanes of at least 4 members (excludes halogenated alkanes) is 8. The normalized spacial score (nSPS) is 18.7. The van der Waals surface area contributed by atoms with Crippen molar-refractivity contribution < 1.29 is 14.7 Å². The number of carbonyl (C=O) groups is 2. The van der Waals surface area contributed by atoms with E-state index in [-0.39, 0.29) is 17.7 Å². The van der Waals surface area contributed by atoms with Gasteiger partial charge < -0.3 is 10.8 Å². The lowest BCUT2D eigenvalue weighted by atomic mass is 10.0. The first kappa shape index (κ1) is 21.8. The predicted octanol–water partition coefficient (Wildman–Crippen LogP) is 3.02. The van der Waals surface area contributed by atoms with Crippen LogP contribution in [0.3, 0.4) is 0 Å². The lowest BCUT2D eigenvalue weighted by Gasteiger charge is -2.00. The molecule has 0 saturated carbocycles. The second-order valence-corrected chi connectivity index (χ2v) is 6.16. The van der Waals surface area contributed by atoms with Gasteiger partial charge in [-0.1, -0.05) is 64.0 Å². The highest BCUT2D eigenvalue weighted by Crippen LogP contribution is 2.14. The fourth-order valence-corrected chi connectivity index (χ4v) is 2.39.